The van der Waals surface area contributed by atoms with Crippen LogP contribution in [0.25, 0.3) is 0 Å². The highest BCUT2D eigenvalue weighted by molar-refractivity contribution is 5.72. The van der Waals surface area contributed by atoms with E-state index in [1.54, 1.807) is 6.20 Å². The SMILES string of the molecule is C=CN(CC)c1ccccc1N.CCN(CC(F)(F)C(F)(F)C(F)(F)C(F)(F)C(F)(C(F)(F)F)C(F)(F)F)c1ccccc1N.CCN(CCC(=O)OCC(F)(F)C(F)(F)C(F)(F)C(F)(F)C(F)(F)C(F)(F)C(F)(F)C(F)(F)C(F)(F)F)c1ccccc1N. The molecule has 0 heterocycles. The fraction of sp³-hybridized carbons (Fsp3) is 0.553. The number of alkyl halides is 34. The Morgan fingerprint density at radius 3 is 1.02 bits per heavy atom. The van der Waals surface area contributed by atoms with Crippen molar-refractivity contribution in [3.63, 3.8) is 0 Å². The summed E-state index contributed by atoms with van der Waals surface area (Å²) in [6.07, 6.45) is -23.1. The van der Waals surface area contributed by atoms with Crippen LogP contribution < -0.4 is 31.9 Å². The van der Waals surface area contributed by atoms with Crippen LogP contribution in [-0.2, 0) is 9.53 Å². The highest BCUT2D eigenvalue weighted by Crippen LogP contribution is 2.67. The van der Waals surface area contributed by atoms with Crippen LogP contribution in [0.3, 0.4) is 0 Å². The summed E-state index contributed by atoms with van der Waals surface area (Å²) in [6.45, 7) is 1.88. The topological polar surface area (TPSA) is 114 Å². The van der Waals surface area contributed by atoms with Crippen LogP contribution in [0.1, 0.15) is 27.2 Å². The molecule has 0 bridgehead atoms. The van der Waals surface area contributed by atoms with Crippen LogP contribution in [0.2, 0.25) is 0 Å². The molecule has 0 amide bonds. The summed E-state index contributed by atoms with van der Waals surface area (Å²) in [5, 5.41) is 0. The van der Waals surface area contributed by atoms with E-state index in [4.69, 9.17) is 17.2 Å². The van der Waals surface area contributed by atoms with E-state index in [1.807, 2.05) is 29.2 Å². The van der Waals surface area contributed by atoms with Crippen molar-refractivity contribution in [3.05, 3.63) is 85.6 Å². The number of ether oxygens (including phenoxy) is 1. The van der Waals surface area contributed by atoms with Gasteiger partial charge < -0.3 is 36.6 Å². The standard InChI is InChI=1S/C21H17F19N2O2.C16H13F15N2.C10H14N2/c1-2-42(11-6-4-3-5-10(11)41)8-7-12(43)44-9-13(22,23)14(24,25)15(26,27)16(28,29)17(30,31)18(32,33)19(34,35)20(36,37)21(38,39)40;1-2-33(9-6-4-3-5-8(9)32)7-10(17,18)12(20,21)14(24,25)13(22,23)11(19,15(26,27)28)16(29,30)31;1-3-12(4-2)10-8-6-5-7-9(10)11/h3-6H,2,7-9,41H2,1H3;3-6H,2,7,32H2,1H3;3,5-8H,1,4,11H2,2H3. The lowest BCUT2D eigenvalue weighted by Crippen LogP contribution is -2.76. The number of nitrogen functional groups attached to an aromatic ring is 3. The van der Waals surface area contributed by atoms with Gasteiger partial charge in [-0.25, -0.2) is 4.39 Å². The van der Waals surface area contributed by atoms with Gasteiger partial charge in [0.1, 0.15) is 0 Å². The third kappa shape index (κ3) is 14.4. The first-order chi connectivity index (χ1) is 39.6. The van der Waals surface area contributed by atoms with Crippen LogP contribution in [0.15, 0.2) is 85.6 Å². The smallest absolute Gasteiger partial charge is 0.459 e. The molecule has 42 heteroatoms. The molecule has 0 aliphatic carbocycles. The second-order valence-electron chi connectivity index (χ2n) is 18.0. The summed E-state index contributed by atoms with van der Waals surface area (Å²) in [6, 6.07) is 17.6. The Hall–Kier alpha value is -6.71. The Kier molecular flexibility index (Phi) is 24.0. The van der Waals surface area contributed by atoms with Gasteiger partial charge in [-0.15, -0.1) is 0 Å². The van der Waals surface area contributed by atoms with Crippen molar-refractivity contribution in [2.75, 3.05) is 71.2 Å². The number of nitrogens with two attached hydrogens (primary N) is 3. The lowest BCUT2D eigenvalue weighted by molar-refractivity contribution is -0.469. The van der Waals surface area contributed by atoms with Crippen molar-refractivity contribution < 1.29 is 159 Å². The highest BCUT2D eigenvalue weighted by atomic mass is 19.5. The lowest BCUT2D eigenvalue weighted by Gasteiger charge is -2.44. The highest BCUT2D eigenvalue weighted by Gasteiger charge is 2.98. The van der Waals surface area contributed by atoms with Gasteiger partial charge in [-0.2, -0.15) is 145 Å². The third-order valence-electron chi connectivity index (χ3n) is 12.2. The van der Waals surface area contributed by atoms with E-state index >= 15 is 0 Å². The quantitative estimate of drug-likeness (QED) is 0.0437. The first-order valence-electron chi connectivity index (χ1n) is 23.6. The maximum absolute atomic E-state index is 14.1. The molecule has 0 fully saturated rings. The molecule has 3 rings (SSSR count). The van der Waals surface area contributed by atoms with Crippen LogP contribution in [-0.4, -0.2) is 141 Å². The number of carbonyl (C=O) groups is 1. The summed E-state index contributed by atoms with van der Waals surface area (Å²) < 4.78 is 457. The molecular formula is C47H44F34N6O2. The molecule has 6 N–H and O–H groups in total. The minimum atomic E-state index is -9.01. The zero-order valence-electron chi connectivity index (χ0n) is 44.4. The van der Waals surface area contributed by atoms with Crippen LogP contribution >= 0.6 is 0 Å². The minimum Gasteiger partial charge on any atom is -0.459 e. The van der Waals surface area contributed by atoms with Crippen LogP contribution in [0, 0.1) is 0 Å². The molecular weight excluding hydrogens is 1330 g/mol. The molecule has 0 aliphatic heterocycles. The van der Waals surface area contributed by atoms with E-state index in [9.17, 15) is 154 Å². The molecule has 89 heavy (non-hydrogen) atoms. The summed E-state index contributed by atoms with van der Waals surface area (Å²) in [5.41, 5.74) is 9.73. The van der Waals surface area contributed by atoms with E-state index in [0.717, 1.165) is 43.0 Å². The van der Waals surface area contributed by atoms with E-state index in [-0.39, 0.29) is 22.8 Å². The molecule has 3 aromatic carbocycles. The molecule has 512 valence electrons. The first kappa shape index (κ1) is 80.3. The molecule has 0 aliphatic rings. The first-order valence-corrected chi connectivity index (χ1v) is 23.6. The van der Waals surface area contributed by atoms with Gasteiger partial charge in [-0.05, 0) is 63.4 Å². The van der Waals surface area contributed by atoms with Gasteiger partial charge >= 0.3 is 101 Å². The number of hydrogen-bond donors (Lipinski definition) is 3. The van der Waals surface area contributed by atoms with Gasteiger partial charge in [0.05, 0.1) is 47.1 Å². The summed E-state index contributed by atoms with van der Waals surface area (Å²) in [4.78, 5) is 15.1. The van der Waals surface area contributed by atoms with E-state index in [1.165, 1.54) is 42.2 Å². The van der Waals surface area contributed by atoms with Crippen molar-refractivity contribution in [3.8, 4) is 0 Å². The Labute approximate surface area is 478 Å². The number of para-hydroxylation sites is 6. The predicted octanol–water partition coefficient (Wildman–Crippen LogP) is 16.4. The summed E-state index contributed by atoms with van der Waals surface area (Å²) >= 11 is 0. The molecule has 0 saturated heterocycles. The number of nitrogens with zero attached hydrogens (tertiary/aromatic N) is 3. The Balaban J connectivity index is 0.000000767. The fourth-order valence-electron chi connectivity index (χ4n) is 6.97. The summed E-state index contributed by atoms with van der Waals surface area (Å²) in [5.74, 6) is -100. The molecule has 0 atom stereocenters. The molecule has 0 unspecified atom stereocenters. The van der Waals surface area contributed by atoms with Gasteiger partial charge in [-0.1, -0.05) is 43.0 Å². The maximum atomic E-state index is 14.1. The molecule has 0 aromatic heterocycles. The number of anilines is 6. The number of benzene rings is 3. The van der Waals surface area contributed by atoms with Crippen molar-refractivity contribution in [1.29, 1.82) is 0 Å². The number of carbonyl (C=O) groups excluding carboxylic acids is 1. The molecule has 0 saturated carbocycles. The average molecular weight is 1370 g/mol. The van der Waals surface area contributed by atoms with Gasteiger partial charge in [0.15, 0.2) is 6.61 Å². The van der Waals surface area contributed by atoms with E-state index in [0.29, 0.717) is 0 Å². The van der Waals surface area contributed by atoms with Crippen LogP contribution in [0.5, 0.6) is 0 Å². The predicted molar refractivity (Wildman–Crippen MR) is 248 cm³/mol. The molecule has 0 spiro atoms. The summed E-state index contributed by atoms with van der Waals surface area (Å²) in [7, 11) is 0. The van der Waals surface area contributed by atoms with Crippen molar-refractivity contribution in [2.24, 2.45) is 0 Å². The van der Waals surface area contributed by atoms with Crippen molar-refractivity contribution >= 4 is 40.1 Å². The third-order valence-corrected chi connectivity index (χ3v) is 12.2. The Bertz CT molecular complexity index is 2800. The molecule has 0 radical (unpaired) electrons. The fourth-order valence-corrected chi connectivity index (χ4v) is 6.97. The largest absolute Gasteiger partial charge is 0.460 e. The van der Waals surface area contributed by atoms with E-state index in [2.05, 4.69) is 18.2 Å². The Morgan fingerprint density at radius 1 is 0.404 bits per heavy atom. The Morgan fingerprint density at radius 2 is 0.708 bits per heavy atom. The number of halogens is 34. The molecule has 3 aromatic rings. The number of rotatable bonds is 25. The van der Waals surface area contributed by atoms with Crippen LogP contribution in [0.4, 0.5) is 183 Å². The zero-order valence-corrected chi connectivity index (χ0v) is 44.4. The van der Waals surface area contributed by atoms with Gasteiger partial charge in [-0.3, -0.25) is 4.79 Å². The normalized spacial score (nSPS) is 14.2. The van der Waals surface area contributed by atoms with Crippen molar-refractivity contribution in [2.45, 2.75) is 122 Å². The maximum Gasteiger partial charge on any atom is 0.460 e. The second kappa shape index (κ2) is 26.6. The minimum absolute atomic E-state index is 0.0316. The lowest BCUT2D eigenvalue weighted by atomic mass is 9.85. The molecule has 8 nitrogen and oxygen atoms in total. The number of hydrogen-bond acceptors (Lipinski definition) is 8. The van der Waals surface area contributed by atoms with Gasteiger partial charge in [0.2, 0.25) is 0 Å². The van der Waals surface area contributed by atoms with Gasteiger partial charge in [0, 0.05) is 26.2 Å². The van der Waals surface area contributed by atoms with E-state index < -0.39 is 145 Å². The zero-order chi connectivity index (χ0) is 70.6. The number of esters is 1. The second-order valence-corrected chi connectivity index (χ2v) is 18.0. The average Bonchev–Trinajstić information content (AvgIpc) is 0.702. The van der Waals surface area contributed by atoms with Crippen molar-refractivity contribution in [1.82, 2.24) is 0 Å². The van der Waals surface area contributed by atoms with Gasteiger partial charge in [0.25, 0.3) is 0 Å². The monoisotopic (exact) mass is 1370 g/mol.